The first-order valence-corrected chi connectivity index (χ1v) is 9.87. The van der Waals surface area contributed by atoms with Gasteiger partial charge in [0.1, 0.15) is 5.54 Å². The minimum atomic E-state index is -0.773. The van der Waals surface area contributed by atoms with E-state index in [-0.39, 0.29) is 17.6 Å². The number of carbonyl (C=O) groups excluding carboxylic acids is 1. The van der Waals surface area contributed by atoms with Crippen LogP contribution in [0.25, 0.3) is 11.4 Å². The van der Waals surface area contributed by atoms with Crippen molar-refractivity contribution in [3.05, 3.63) is 29.3 Å². The van der Waals surface area contributed by atoms with Gasteiger partial charge in [0.2, 0.25) is 5.91 Å². The summed E-state index contributed by atoms with van der Waals surface area (Å²) in [5.41, 5.74) is 0.149. The van der Waals surface area contributed by atoms with Crippen LogP contribution >= 0.6 is 23.4 Å². The lowest BCUT2D eigenvalue weighted by molar-refractivity contribution is -0.119. The minimum absolute atomic E-state index is 0.162. The van der Waals surface area contributed by atoms with E-state index < -0.39 is 5.54 Å². The molecule has 0 saturated heterocycles. The molecule has 2 aromatic rings. The molecule has 1 aromatic carbocycles. The molecule has 1 unspecified atom stereocenters. The average molecular weight is 390 g/mol. The Bertz CT molecular complexity index is 840. The number of nitrogens with zero attached hydrogens (tertiary/aromatic N) is 4. The number of hydrogen-bond donors (Lipinski definition) is 1. The lowest BCUT2D eigenvalue weighted by Gasteiger charge is -2.22. The maximum Gasteiger partial charge on any atom is 0.231 e. The third-order valence-electron chi connectivity index (χ3n) is 4.49. The highest BCUT2D eigenvalue weighted by Gasteiger charge is 2.42. The van der Waals surface area contributed by atoms with Crippen molar-refractivity contribution in [1.29, 1.82) is 5.26 Å². The smallest absolute Gasteiger partial charge is 0.231 e. The van der Waals surface area contributed by atoms with Crippen molar-refractivity contribution in [2.75, 3.05) is 5.75 Å². The fourth-order valence-electron chi connectivity index (χ4n) is 2.83. The number of aromatic nitrogens is 3. The lowest BCUT2D eigenvalue weighted by Crippen LogP contribution is -2.47. The molecule has 0 aliphatic heterocycles. The number of thioether (sulfide) groups is 1. The van der Waals surface area contributed by atoms with E-state index >= 15 is 0 Å². The molecule has 3 rings (SSSR count). The molecule has 0 bridgehead atoms. The van der Waals surface area contributed by atoms with Gasteiger partial charge in [-0.05, 0) is 56.9 Å². The van der Waals surface area contributed by atoms with Crippen LogP contribution in [0.15, 0.2) is 29.4 Å². The van der Waals surface area contributed by atoms with E-state index in [1.807, 2.05) is 35.8 Å². The van der Waals surface area contributed by atoms with E-state index in [1.54, 1.807) is 6.92 Å². The van der Waals surface area contributed by atoms with Crippen LogP contribution in [-0.4, -0.2) is 32.0 Å². The van der Waals surface area contributed by atoms with Gasteiger partial charge < -0.3 is 9.88 Å². The zero-order valence-corrected chi connectivity index (χ0v) is 16.3. The number of nitrogens with one attached hydrogen (secondary N) is 1. The van der Waals surface area contributed by atoms with E-state index in [1.165, 1.54) is 11.8 Å². The van der Waals surface area contributed by atoms with Crippen LogP contribution < -0.4 is 5.32 Å². The Morgan fingerprint density at radius 3 is 2.69 bits per heavy atom. The van der Waals surface area contributed by atoms with E-state index in [9.17, 15) is 10.1 Å². The third kappa shape index (κ3) is 4.02. The molecule has 1 aliphatic rings. The SMILES string of the molecule is CCn1c(SCC(=O)NC(C)(C#N)C2CC2)nnc1-c1ccc(Cl)cc1. The second-order valence-electron chi connectivity index (χ2n) is 6.48. The molecule has 1 heterocycles. The van der Waals surface area contributed by atoms with Crippen LogP contribution in [0.2, 0.25) is 5.02 Å². The first kappa shape index (κ1) is 18.7. The summed E-state index contributed by atoms with van der Waals surface area (Å²) in [4.78, 5) is 12.3. The van der Waals surface area contributed by atoms with Crippen molar-refractivity contribution >= 4 is 29.3 Å². The molecule has 1 atom stereocenters. The van der Waals surface area contributed by atoms with Crippen LogP contribution in [0.5, 0.6) is 0 Å². The number of halogens is 1. The van der Waals surface area contributed by atoms with Gasteiger partial charge in [0.15, 0.2) is 11.0 Å². The van der Waals surface area contributed by atoms with Crippen molar-refractivity contribution in [3.8, 4) is 17.5 Å². The molecule has 8 heteroatoms. The van der Waals surface area contributed by atoms with Gasteiger partial charge >= 0.3 is 0 Å². The summed E-state index contributed by atoms with van der Waals surface area (Å²) in [5, 5.41) is 22.0. The fraction of sp³-hybridized carbons (Fsp3) is 0.444. The predicted octanol–water partition coefficient (Wildman–Crippen LogP) is 3.52. The van der Waals surface area contributed by atoms with Gasteiger partial charge in [0, 0.05) is 17.1 Å². The first-order valence-electron chi connectivity index (χ1n) is 8.51. The number of nitriles is 1. The third-order valence-corrected chi connectivity index (χ3v) is 5.71. The number of carbonyl (C=O) groups is 1. The standard InChI is InChI=1S/C18H20ClN5OS/c1-3-24-16(12-4-8-14(19)9-5-12)22-23-17(24)26-10-15(25)21-18(2,11-20)13-6-7-13/h4-5,8-9,13H,3,6-7,10H2,1-2H3,(H,21,25). The Morgan fingerprint density at radius 2 is 2.12 bits per heavy atom. The molecule has 0 radical (unpaired) electrons. The molecule has 136 valence electrons. The quantitative estimate of drug-likeness (QED) is 0.732. The molecule has 1 saturated carbocycles. The molecule has 26 heavy (non-hydrogen) atoms. The average Bonchev–Trinajstić information content (AvgIpc) is 3.42. The summed E-state index contributed by atoms with van der Waals surface area (Å²) < 4.78 is 1.96. The summed E-state index contributed by atoms with van der Waals surface area (Å²) in [6, 6.07) is 9.65. The molecule has 1 amide bonds. The fourth-order valence-corrected chi connectivity index (χ4v) is 3.76. The summed E-state index contributed by atoms with van der Waals surface area (Å²) in [5.74, 6) is 1.04. The Morgan fingerprint density at radius 1 is 1.42 bits per heavy atom. The molecule has 1 fully saturated rings. The molecule has 6 nitrogen and oxygen atoms in total. The Balaban J connectivity index is 1.68. The van der Waals surface area contributed by atoms with Crippen LogP contribution in [0.3, 0.4) is 0 Å². The molecule has 1 aromatic heterocycles. The van der Waals surface area contributed by atoms with Crippen LogP contribution in [0, 0.1) is 17.2 Å². The molecule has 1 N–H and O–H groups in total. The zero-order chi connectivity index (χ0) is 18.7. The monoisotopic (exact) mass is 389 g/mol. The van der Waals surface area contributed by atoms with Gasteiger partial charge in [-0.1, -0.05) is 23.4 Å². The minimum Gasteiger partial charge on any atom is -0.337 e. The van der Waals surface area contributed by atoms with Crippen molar-refractivity contribution in [2.45, 2.75) is 43.9 Å². The normalized spacial score (nSPS) is 15.9. The Kier molecular flexibility index (Phi) is 5.54. The van der Waals surface area contributed by atoms with Gasteiger partial charge in [0.05, 0.1) is 11.8 Å². The van der Waals surface area contributed by atoms with Crippen molar-refractivity contribution < 1.29 is 4.79 Å². The molecule has 1 aliphatic carbocycles. The topological polar surface area (TPSA) is 83.6 Å². The van der Waals surface area contributed by atoms with Crippen LogP contribution in [-0.2, 0) is 11.3 Å². The van der Waals surface area contributed by atoms with Crippen LogP contribution in [0.1, 0.15) is 26.7 Å². The number of benzene rings is 1. The van der Waals surface area contributed by atoms with E-state index in [0.717, 1.165) is 24.2 Å². The maximum atomic E-state index is 12.3. The second kappa shape index (κ2) is 7.68. The van der Waals surface area contributed by atoms with E-state index in [4.69, 9.17) is 11.6 Å². The summed E-state index contributed by atoms with van der Waals surface area (Å²) in [6.45, 7) is 4.49. The van der Waals surface area contributed by atoms with Gasteiger partial charge in [-0.3, -0.25) is 4.79 Å². The maximum absolute atomic E-state index is 12.3. The number of hydrogen-bond acceptors (Lipinski definition) is 5. The van der Waals surface area contributed by atoms with Gasteiger partial charge in [0.25, 0.3) is 0 Å². The number of amides is 1. The highest BCUT2D eigenvalue weighted by molar-refractivity contribution is 7.99. The lowest BCUT2D eigenvalue weighted by atomic mass is 9.98. The highest BCUT2D eigenvalue weighted by Crippen LogP contribution is 2.39. The van der Waals surface area contributed by atoms with Crippen molar-refractivity contribution in [2.24, 2.45) is 5.92 Å². The molecular weight excluding hydrogens is 370 g/mol. The molecular formula is C18H20ClN5OS. The van der Waals surface area contributed by atoms with Crippen molar-refractivity contribution in [1.82, 2.24) is 20.1 Å². The number of rotatable bonds is 7. The highest BCUT2D eigenvalue weighted by atomic mass is 35.5. The van der Waals surface area contributed by atoms with E-state index in [0.29, 0.717) is 16.7 Å². The summed E-state index contributed by atoms with van der Waals surface area (Å²) >= 11 is 7.26. The Hall–Kier alpha value is -2.04. The first-order chi connectivity index (χ1) is 12.5. The Labute approximate surface area is 161 Å². The van der Waals surface area contributed by atoms with E-state index in [2.05, 4.69) is 21.6 Å². The zero-order valence-electron chi connectivity index (χ0n) is 14.7. The largest absolute Gasteiger partial charge is 0.337 e. The van der Waals surface area contributed by atoms with Gasteiger partial charge in [-0.25, -0.2) is 0 Å². The predicted molar refractivity (Wildman–Crippen MR) is 102 cm³/mol. The van der Waals surface area contributed by atoms with Gasteiger partial charge in [-0.15, -0.1) is 10.2 Å². The van der Waals surface area contributed by atoms with Gasteiger partial charge in [-0.2, -0.15) is 5.26 Å². The van der Waals surface area contributed by atoms with Crippen LogP contribution in [0.4, 0.5) is 0 Å². The second-order valence-corrected chi connectivity index (χ2v) is 7.86. The molecule has 0 spiro atoms. The summed E-state index contributed by atoms with van der Waals surface area (Å²) in [6.07, 6.45) is 1.98. The van der Waals surface area contributed by atoms with Crippen molar-refractivity contribution in [3.63, 3.8) is 0 Å². The summed E-state index contributed by atoms with van der Waals surface area (Å²) in [7, 11) is 0.